The Morgan fingerprint density at radius 3 is 2.29 bits per heavy atom. The molecule has 3 heterocycles. The minimum Gasteiger partial charge on any atom is -0.508 e. The summed E-state index contributed by atoms with van der Waals surface area (Å²) in [6.45, 7) is 0.0864. The number of esters is 1. The molecule has 0 aromatic heterocycles. The summed E-state index contributed by atoms with van der Waals surface area (Å²) in [5.41, 5.74) is 4.02. The Balaban J connectivity index is 1.55. The first kappa shape index (κ1) is 20.6. The van der Waals surface area contributed by atoms with E-state index in [4.69, 9.17) is 32.7 Å². The smallest absolute Gasteiger partial charge is 0.342 e. The van der Waals surface area contributed by atoms with E-state index in [9.17, 15) is 15.0 Å². The van der Waals surface area contributed by atoms with Gasteiger partial charge in [0.05, 0.1) is 11.3 Å². The lowest BCUT2D eigenvalue weighted by Gasteiger charge is -2.36. The largest absolute Gasteiger partial charge is 0.508 e. The molecule has 0 radical (unpaired) electrons. The Labute approximate surface area is 202 Å². The predicted octanol–water partition coefficient (Wildman–Crippen LogP) is 4.46. The van der Waals surface area contributed by atoms with E-state index in [1.165, 1.54) is 29.3 Å². The van der Waals surface area contributed by atoms with Crippen LogP contribution in [0.5, 0.6) is 23.0 Å². The van der Waals surface area contributed by atoms with Crippen molar-refractivity contribution in [2.45, 2.75) is 5.60 Å². The SMILES string of the molecule is O=C1OC2(c3ccc(O)cc3Oc3cc(O)ccc32)c2cccc(NN3CN=C(Cl)N=C3Cl)c21. The fraction of sp³-hybridized carbons (Fsp3) is 0.0870. The van der Waals surface area contributed by atoms with Crippen LogP contribution >= 0.6 is 23.2 Å². The minimum absolute atomic E-state index is 0.0179. The summed E-state index contributed by atoms with van der Waals surface area (Å²) in [6, 6.07) is 14.4. The van der Waals surface area contributed by atoms with Gasteiger partial charge in [0.25, 0.3) is 0 Å². The molecule has 0 saturated carbocycles. The van der Waals surface area contributed by atoms with Gasteiger partial charge in [-0.1, -0.05) is 12.1 Å². The molecule has 3 aromatic rings. The van der Waals surface area contributed by atoms with Gasteiger partial charge in [-0.05, 0) is 53.5 Å². The fourth-order valence-electron chi connectivity index (χ4n) is 4.43. The fourth-order valence-corrected chi connectivity index (χ4v) is 4.78. The van der Waals surface area contributed by atoms with Crippen LogP contribution in [-0.2, 0) is 10.3 Å². The number of hydrogen-bond donors (Lipinski definition) is 3. The number of amidine groups is 2. The van der Waals surface area contributed by atoms with Gasteiger partial charge < -0.3 is 19.7 Å². The van der Waals surface area contributed by atoms with Crippen molar-refractivity contribution in [3.8, 4) is 23.0 Å². The second-order valence-electron chi connectivity index (χ2n) is 7.75. The van der Waals surface area contributed by atoms with Crippen molar-refractivity contribution in [2.75, 3.05) is 12.1 Å². The molecule has 0 unspecified atom stereocenters. The van der Waals surface area contributed by atoms with Gasteiger partial charge in [-0.3, -0.25) is 5.43 Å². The number of halogens is 2. The van der Waals surface area contributed by atoms with Gasteiger partial charge in [0.15, 0.2) is 5.60 Å². The van der Waals surface area contributed by atoms with Gasteiger partial charge in [-0.2, -0.15) is 4.99 Å². The topological polar surface area (TPSA) is 116 Å². The molecule has 3 N–H and O–H groups in total. The number of fused-ring (bicyclic) bond motifs is 6. The van der Waals surface area contributed by atoms with Crippen LogP contribution in [0.1, 0.15) is 27.0 Å². The van der Waals surface area contributed by atoms with E-state index in [-0.39, 0.29) is 34.3 Å². The molecule has 0 saturated heterocycles. The molecule has 3 aromatic carbocycles. The predicted molar refractivity (Wildman–Crippen MR) is 125 cm³/mol. The Morgan fingerprint density at radius 1 is 0.971 bits per heavy atom. The van der Waals surface area contributed by atoms with Crippen molar-refractivity contribution in [1.82, 2.24) is 5.01 Å². The molecule has 11 heteroatoms. The van der Waals surface area contributed by atoms with E-state index in [1.54, 1.807) is 30.3 Å². The molecule has 3 aliphatic rings. The maximum atomic E-state index is 13.4. The van der Waals surface area contributed by atoms with Crippen LogP contribution in [-0.4, -0.2) is 38.4 Å². The van der Waals surface area contributed by atoms with E-state index >= 15 is 0 Å². The quantitative estimate of drug-likeness (QED) is 0.354. The maximum Gasteiger partial charge on any atom is 0.342 e. The molecule has 0 atom stereocenters. The van der Waals surface area contributed by atoms with Crippen LogP contribution in [0.25, 0.3) is 0 Å². The molecule has 34 heavy (non-hydrogen) atoms. The lowest BCUT2D eigenvalue weighted by Crippen LogP contribution is -2.36. The molecular weight excluding hydrogens is 483 g/mol. The van der Waals surface area contributed by atoms with Gasteiger partial charge >= 0.3 is 5.97 Å². The number of phenolic OH excluding ortho intramolecular Hbond substituents is 2. The Kier molecular flexibility index (Phi) is 4.42. The summed E-state index contributed by atoms with van der Waals surface area (Å²) >= 11 is 12.0. The number of aliphatic imine (C=N–C) groups is 2. The first-order valence-corrected chi connectivity index (χ1v) is 10.8. The Hall–Kier alpha value is -3.95. The van der Waals surface area contributed by atoms with Gasteiger partial charge in [-0.15, -0.1) is 0 Å². The van der Waals surface area contributed by atoms with E-state index in [2.05, 4.69) is 15.4 Å². The number of aromatic hydroxyl groups is 2. The molecule has 170 valence electrons. The number of anilines is 1. The van der Waals surface area contributed by atoms with E-state index in [1.807, 2.05) is 0 Å². The lowest BCUT2D eigenvalue weighted by molar-refractivity contribution is 0.0224. The normalized spacial score (nSPS) is 17.1. The first-order valence-electron chi connectivity index (χ1n) is 10.1. The number of ether oxygens (including phenoxy) is 2. The third-order valence-corrected chi connectivity index (χ3v) is 6.30. The number of rotatable bonds is 2. The number of nitrogens with zero attached hydrogens (tertiary/aromatic N) is 3. The third kappa shape index (κ3) is 2.91. The van der Waals surface area contributed by atoms with Crippen molar-refractivity contribution in [1.29, 1.82) is 0 Å². The van der Waals surface area contributed by atoms with Crippen molar-refractivity contribution < 1.29 is 24.5 Å². The van der Waals surface area contributed by atoms with Crippen LogP contribution in [0.15, 0.2) is 64.6 Å². The highest BCUT2D eigenvalue weighted by molar-refractivity contribution is 6.71. The monoisotopic (exact) mass is 496 g/mol. The second kappa shape index (κ2) is 7.28. The van der Waals surface area contributed by atoms with Crippen LogP contribution < -0.4 is 10.2 Å². The summed E-state index contributed by atoms with van der Waals surface area (Å²) in [7, 11) is 0. The molecule has 1 spiro atoms. The molecule has 3 aliphatic heterocycles. The Morgan fingerprint density at radius 2 is 1.65 bits per heavy atom. The lowest BCUT2D eigenvalue weighted by atomic mass is 9.77. The highest BCUT2D eigenvalue weighted by Gasteiger charge is 2.54. The summed E-state index contributed by atoms with van der Waals surface area (Å²) in [5.74, 6) is -0.0179. The highest BCUT2D eigenvalue weighted by atomic mass is 35.5. The Bertz CT molecular complexity index is 1400. The molecule has 9 nitrogen and oxygen atoms in total. The molecule has 0 fully saturated rings. The van der Waals surface area contributed by atoms with Crippen LogP contribution in [0.2, 0.25) is 0 Å². The standard InChI is InChI=1S/C23H14Cl2N4O5/c24-21-26-10-29(22(25)27-21)28-16-3-1-2-15-19(16)20(32)34-23(15)13-6-4-11(30)8-17(13)33-18-9-12(31)5-7-14(18)23/h1-9,28,30-31H,10H2. The highest BCUT2D eigenvalue weighted by Crippen LogP contribution is 2.57. The van der Waals surface area contributed by atoms with E-state index in [0.717, 1.165) is 0 Å². The summed E-state index contributed by atoms with van der Waals surface area (Å²) in [6.07, 6.45) is 0. The summed E-state index contributed by atoms with van der Waals surface area (Å²) < 4.78 is 12.1. The van der Waals surface area contributed by atoms with Gasteiger partial charge in [-0.25, -0.2) is 14.8 Å². The average Bonchev–Trinajstić information content (AvgIpc) is 3.09. The summed E-state index contributed by atoms with van der Waals surface area (Å²) in [5, 5.41) is 21.6. The van der Waals surface area contributed by atoms with Crippen molar-refractivity contribution >= 4 is 45.4 Å². The number of carbonyl (C=O) groups is 1. The number of hydrogen-bond acceptors (Lipinski definition) is 9. The van der Waals surface area contributed by atoms with Gasteiger partial charge in [0, 0.05) is 28.8 Å². The van der Waals surface area contributed by atoms with Crippen LogP contribution in [0, 0.1) is 0 Å². The van der Waals surface area contributed by atoms with Gasteiger partial charge in [0.1, 0.15) is 29.7 Å². The number of phenols is 2. The number of carbonyl (C=O) groups excluding carboxylic acids is 1. The van der Waals surface area contributed by atoms with E-state index < -0.39 is 11.6 Å². The zero-order chi connectivity index (χ0) is 23.6. The second-order valence-corrected chi connectivity index (χ2v) is 8.43. The molecule has 0 bridgehead atoms. The minimum atomic E-state index is -1.37. The van der Waals surface area contributed by atoms with Crippen molar-refractivity contribution in [3.05, 3.63) is 76.9 Å². The van der Waals surface area contributed by atoms with Crippen molar-refractivity contribution in [2.24, 2.45) is 9.98 Å². The third-order valence-electron chi connectivity index (χ3n) is 5.81. The zero-order valence-electron chi connectivity index (χ0n) is 17.1. The number of hydrazine groups is 1. The summed E-state index contributed by atoms with van der Waals surface area (Å²) in [4.78, 5) is 21.3. The number of nitrogens with one attached hydrogen (secondary N) is 1. The maximum absolute atomic E-state index is 13.4. The molecule has 6 rings (SSSR count). The zero-order valence-corrected chi connectivity index (χ0v) is 18.6. The van der Waals surface area contributed by atoms with E-state index in [0.29, 0.717) is 33.9 Å². The molecular formula is C23H14Cl2N4O5. The van der Waals surface area contributed by atoms with Crippen LogP contribution in [0.4, 0.5) is 5.69 Å². The first-order chi connectivity index (χ1) is 16.4. The van der Waals surface area contributed by atoms with Crippen LogP contribution in [0.3, 0.4) is 0 Å². The molecule has 0 amide bonds. The van der Waals surface area contributed by atoms with Crippen molar-refractivity contribution in [3.63, 3.8) is 0 Å². The average molecular weight is 497 g/mol. The molecule has 0 aliphatic carbocycles. The number of benzene rings is 3. The van der Waals surface area contributed by atoms with Gasteiger partial charge in [0.2, 0.25) is 10.6 Å².